The number of imidazole rings is 1. The maximum absolute atomic E-state index is 11.4. The molecule has 0 bridgehead atoms. The van der Waals surface area contributed by atoms with Gasteiger partial charge in [-0.1, -0.05) is 6.07 Å². The molecule has 0 fully saturated rings. The number of ether oxygens (including phenoxy) is 1. The lowest BCUT2D eigenvalue weighted by Gasteiger charge is -2.06. The molecule has 6 nitrogen and oxygen atoms in total. The predicted octanol–water partition coefficient (Wildman–Crippen LogP) is 0.945. The van der Waals surface area contributed by atoms with E-state index in [-0.39, 0.29) is 11.5 Å². The lowest BCUT2D eigenvalue weighted by molar-refractivity contribution is 0.0596. The topological polar surface area (TPSA) is 83.0 Å². The average molecular weight is 232 g/mol. The number of hydrogen-bond donors (Lipinski definition) is 1. The summed E-state index contributed by atoms with van der Waals surface area (Å²) in [5.41, 5.74) is 6.87. The molecule has 2 heterocycles. The molecule has 17 heavy (non-hydrogen) atoms. The van der Waals surface area contributed by atoms with E-state index in [1.807, 2.05) is 19.1 Å². The molecule has 0 amide bonds. The van der Waals surface area contributed by atoms with Crippen LogP contribution in [0.2, 0.25) is 0 Å². The summed E-state index contributed by atoms with van der Waals surface area (Å²) in [6.45, 7) is 1.90. The van der Waals surface area contributed by atoms with Crippen molar-refractivity contribution in [1.82, 2.24) is 14.5 Å². The van der Waals surface area contributed by atoms with Gasteiger partial charge in [-0.05, 0) is 18.6 Å². The number of rotatable bonds is 2. The number of nitrogen functional groups attached to an aromatic ring is 1. The second-order valence-corrected chi connectivity index (χ2v) is 3.48. The first kappa shape index (κ1) is 11.1. The molecule has 0 atom stereocenters. The summed E-state index contributed by atoms with van der Waals surface area (Å²) in [5.74, 6) is 0.307. The summed E-state index contributed by atoms with van der Waals surface area (Å²) in [4.78, 5) is 19.5. The molecule has 0 unspecified atom stereocenters. The second kappa shape index (κ2) is 4.25. The normalized spacial score (nSPS) is 10.2. The Morgan fingerprint density at radius 2 is 2.24 bits per heavy atom. The van der Waals surface area contributed by atoms with E-state index in [9.17, 15) is 4.79 Å². The number of hydrogen-bond acceptors (Lipinski definition) is 5. The van der Waals surface area contributed by atoms with Crippen LogP contribution in [0.4, 0.5) is 5.82 Å². The number of aryl methyl sites for hydroxylation is 1. The lowest BCUT2D eigenvalue weighted by Crippen LogP contribution is -2.08. The largest absolute Gasteiger partial charge is 0.464 e. The van der Waals surface area contributed by atoms with E-state index in [4.69, 9.17) is 5.73 Å². The standard InChI is InChI=1S/C11H12N4O2/c1-7-4-3-5-13-10(7)15-6-14-8(9(15)12)11(16)17-2/h3-6H,12H2,1-2H3. The van der Waals surface area contributed by atoms with E-state index in [2.05, 4.69) is 14.7 Å². The van der Waals surface area contributed by atoms with E-state index in [0.717, 1.165) is 5.56 Å². The quantitative estimate of drug-likeness (QED) is 0.779. The van der Waals surface area contributed by atoms with E-state index in [0.29, 0.717) is 5.82 Å². The van der Waals surface area contributed by atoms with Crippen LogP contribution in [-0.2, 0) is 4.74 Å². The highest BCUT2D eigenvalue weighted by molar-refractivity contribution is 5.92. The van der Waals surface area contributed by atoms with E-state index >= 15 is 0 Å². The smallest absolute Gasteiger partial charge is 0.360 e. The van der Waals surface area contributed by atoms with Crippen LogP contribution in [0.15, 0.2) is 24.7 Å². The molecule has 0 saturated heterocycles. The Bertz CT molecular complexity index is 562. The fourth-order valence-electron chi connectivity index (χ4n) is 1.51. The fraction of sp³-hybridized carbons (Fsp3) is 0.182. The molecule has 6 heteroatoms. The molecule has 0 aliphatic heterocycles. The Labute approximate surface area is 98.1 Å². The first-order valence-electron chi connectivity index (χ1n) is 4.98. The van der Waals surface area contributed by atoms with Crippen LogP contribution >= 0.6 is 0 Å². The van der Waals surface area contributed by atoms with Crippen LogP contribution in [0.1, 0.15) is 16.1 Å². The van der Waals surface area contributed by atoms with Gasteiger partial charge in [0.1, 0.15) is 18.0 Å². The van der Waals surface area contributed by atoms with Gasteiger partial charge in [0.25, 0.3) is 0 Å². The minimum absolute atomic E-state index is 0.0950. The summed E-state index contributed by atoms with van der Waals surface area (Å²) < 4.78 is 6.14. The number of methoxy groups -OCH3 is 1. The number of carbonyl (C=O) groups is 1. The molecule has 2 aromatic rings. The number of nitrogens with two attached hydrogens (primary N) is 1. The van der Waals surface area contributed by atoms with Crippen molar-refractivity contribution in [2.75, 3.05) is 12.8 Å². The summed E-state index contributed by atoms with van der Waals surface area (Å²) in [7, 11) is 1.28. The number of anilines is 1. The van der Waals surface area contributed by atoms with E-state index < -0.39 is 5.97 Å². The van der Waals surface area contributed by atoms with Gasteiger partial charge < -0.3 is 10.5 Å². The Hall–Kier alpha value is -2.37. The molecule has 2 N–H and O–H groups in total. The molecule has 2 rings (SSSR count). The monoisotopic (exact) mass is 232 g/mol. The summed E-state index contributed by atoms with van der Waals surface area (Å²) in [5, 5.41) is 0. The molecule has 88 valence electrons. The van der Waals surface area contributed by atoms with Crippen LogP contribution in [0, 0.1) is 6.92 Å². The van der Waals surface area contributed by atoms with Gasteiger partial charge in [-0.15, -0.1) is 0 Å². The summed E-state index contributed by atoms with van der Waals surface area (Å²) >= 11 is 0. The number of aromatic nitrogens is 3. The second-order valence-electron chi connectivity index (χ2n) is 3.48. The average Bonchev–Trinajstić information content (AvgIpc) is 2.71. The molecule has 0 aromatic carbocycles. The SMILES string of the molecule is COC(=O)c1ncn(-c2ncccc2C)c1N. The van der Waals surface area contributed by atoms with Crippen LogP contribution in [0.3, 0.4) is 0 Å². The third-order valence-electron chi connectivity index (χ3n) is 2.39. The Balaban J connectivity index is 2.52. The van der Waals surface area contributed by atoms with Gasteiger partial charge in [0.15, 0.2) is 5.69 Å². The third-order valence-corrected chi connectivity index (χ3v) is 2.39. The van der Waals surface area contributed by atoms with Crippen molar-refractivity contribution >= 4 is 11.8 Å². The zero-order valence-corrected chi connectivity index (χ0v) is 9.54. The van der Waals surface area contributed by atoms with Crippen LogP contribution in [-0.4, -0.2) is 27.6 Å². The van der Waals surface area contributed by atoms with Crippen LogP contribution < -0.4 is 5.73 Å². The third kappa shape index (κ3) is 1.84. The minimum atomic E-state index is -0.560. The van der Waals surface area contributed by atoms with Gasteiger partial charge in [-0.25, -0.2) is 14.8 Å². The highest BCUT2D eigenvalue weighted by Crippen LogP contribution is 2.18. The summed E-state index contributed by atoms with van der Waals surface area (Å²) in [6.07, 6.45) is 3.11. The highest BCUT2D eigenvalue weighted by Gasteiger charge is 2.17. The molecule has 2 aromatic heterocycles. The Morgan fingerprint density at radius 1 is 1.47 bits per heavy atom. The first-order chi connectivity index (χ1) is 8.15. The fourth-order valence-corrected chi connectivity index (χ4v) is 1.51. The van der Waals surface area contributed by atoms with Crippen LogP contribution in [0.25, 0.3) is 5.82 Å². The number of carbonyl (C=O) groups excluding carboxylic acids is 1. The molecular formula is C11H12N4O2. The molecule has 0 spiro atoms. The van der Waals surface area contributed by atoms with E-state index in [1.165, 1.54) is 13.4 Å². The Kier molecular flexibility index (Phi) is 2.78. The highest BCUT2D eigenvalue weighted by atomic mass is 16.5. The van der Waals surface area contributed by atoms with Gasteiger partial charge in [0.2, 0.25) is 0 Å². The van der Waals surface area contributed by atoms with Gasteiger partial charge in [0.05, 0.1) is 7.11 Å². The zero-order chi connectivity index (χ0) is 12.4. The molecule has 0 radical (unpaired) electrons. The van der Waals surface area contributed by atoms with E-state index in [1.54, 1.807) is 10.8 Å². The first-order valence-corrected chi connectivity index (χ1v) is 4.98. The maximum atomic E-state index is 11.4. The van der Waals surface area contributed by atoms with Crippen molar-refractivity contribution in [3.63, 3.8) is 0 Å². The lowest BCUT2D eigenvalue weighted by atomic mass is 10.3. The van der Waals surface area contributed by atoms with Gasteiger partial charge in [0, 0.05) is 6.20 Å². The number of nitrogens with zero attached hydrogens (tertiary/aromatic N) is 3. The predicted molar refractivity (Wildman–Crippen MR) is 61.8 cm³/mol. The van der Waals surface area contributed by atoms with Gasteiger partial charge in [-0.3, -0.25) is 4.57 Å². The molecule has 0 saturated carbocycles. The molecule has 0 aliphatic carbocycles. The van der Waals surface area contributed by atoms with Crippen LogP contribution in [0.5, 0.6) is 0 Å². The summed E-state index contributed by atoms with van der Waals surface area (Å²) in [6, 6.07) is 3.73. The van der Waals surface area contributed by atoms with Crippen molar-refractivity contribution < 1.29 is 9.53 Å². The molecular weight excluding hydrogens is 220 g/mol. The van der Waals surface area contributed by atoms with Crippen molar-refractivity contribution in [1.29, 1.82) is 0 Å². The van der Waals surface area contributed by atoms with Crippen molar-refractivity contribution in [2.45, 2.75) is 6.92 Å². The number of pyridine rings is 1. The van der Waals surface area contributed by atoms with Crippen molar-refractivity contribution in [3.8, 4) is 5.82 Å². The van der Waals surface area contributed by atoms with Crippen molar-refractivity contribution in [3.05, 3.63) is 35.9 Å². The van der Waals surface area contributed by atoms with Gasteiger partial charge >= 0.3 is 5.97 Å². The van der Waals surface area contributed by atoms with Crippen molar-refractivity contribution in [2.24, 2.45) is 0 Å². The minimum Gasteiger partial charge on any atom is -0.464 e. The Morgan fingerprint density at radius 3 is 2.88 bits per heavy atom. The molecule has 0 aliphatic rings. The zero-order valence-electron chi connectivity index (χ0n) is 9.54. The van der Waals surface area contributed by atoms with Gasteiger partial charge in [-0.2, -0.15) is 0 Å². The number of esters is 1. The maximum Gasteiger partial charge on any atom is 0.360 e.